The van der Waals surface area contributed by atoms with Crippen molar-refractivity contribution in [3.05, 3.63) is 46.6 Å². The van der Waals surface area contributed by atoms with Gasteiger partial charge in [0, 0.05) is 35.9 Å². The fourth-order valence-electron chi connectivity index (χ4n) is 4.93. The third kappa shape index (κ3) is 7.92. The number of hydrogen-bond donors (Lipinski definition) is 8. The molecular weight excluding hydrogens is 731 g/mol. The minimum Gasteiger partial charge on any atom is -0.478 e. The Kier molecular flexibility index (Phi) is 11.0. The first-order chi connectivity index (χ1) is 24.7. The molecule has 0 unspecified atom stereocenters. The minimum absolute atomic E-state index is 0.00125. The van der Waals surface area contributed by atoms with Crippen LogP contribution >= 0.6 is 23.1 Å². The zero-order valence-electron chi connectivity index (χ0n) is 26.8. The predicted octanol–water partition coefficient (Wildman–Crippen LogP) is -3.12. The molecule has 22 nitrogen and oxygen atoms in total. The first-order valence-corrected chi connectivity index (χ1v) is 16.9. The summed E-state index contributed by atoms with van der Waals surface area (Å²) in [5.74, 6) is -6.71. The van der Waals surface area contributed by atoms with Crippen molar-refractivity contribution in [2.45, 2.75) is 31.0 Å². The van der Waals surface area contributed by atoms with Gasteiger partial charge in [0.15, 0.2) is 10.8 Å². The van der Waals surface area contributed by atoms with Crippen LogP contribution in [0.25, 0.3) is 0 Å². The van der Waals surface area contributed by atoms with Crippen LogP contribution in [-0.2, 0) is 44.9 Å². The lowest BCUT2D eigenvalue weighted by atomic mass is 10.0. The molecule has 52 heavy (non-hydrogen) atoms. The quantitative estimate of drug-likeness (QED) is 0.0236. The number of oxime groups is 1. The van der Waals surface area contributed by atoms with E-state index in [4.69, 9.17) is 21.4 Å². The number of hydrogen-bond acceptors (Lipinski definition) is 18. The summed E-state index contributed by atoms with van der Waals surface area (Å²) in [5.41, 5.74) is 11.2. The molecule has 1 saturated heterocycles. The van der Waals surface area contributed by atoms with Gasteiger partial charge in [-0.15, -0.1) is 23.1 Å². The van der Waals surface area contributed by atoms with Gasteiger partial charge in [0.05, 0.1) is 0 Å². The summed E-state index contributed by atoms with van der Waals surface area (Å²) >= 11 is 2.18. The number of nitrogens with zero attached hydrogens (tertiary/aromatic N) is 6. The SMILES string of the molecule is C[C@H](O/N=C(\C(=O)N[C@@H]1C(=O)N2C(C(=O)O)=C(C[n+]3cnc(N)c(NCCNC(=O)C4=CC(=O)C(=O)CN4O)c3)CS[C@H]12)c1csc(N)n1)C(=O)O. The largest absolute Gasteiger partial charge is 0.478 e. The maximum absolute atomic E-state index is 13.3. The lowest BCUT2D eigenvalue weighted by molar-refractivity contribution is -0.691. The average Bonchev–Trinajstić information content (AvgIpc) is 3.53. The molecule has 0 radical (unpaired) electrons. The van der Waals surface area contributed by atoms with Crippen molar-refractivity contribution in [1.82, 2.24) is 30.6 Å². The van der Waals surface area contributed by atoms with Crippen molar-refractivity contribution in [2.24, 2.45) is 5.16 Å². The van der Waals surface area contributed by atoms with Crippen LogP contribution in [0.4, 0.5) is 16.6 Å². The maximum Gasteiger partial charge on any atom is 0.352 e. The van der Waals surface area contributed by atoms with Gasteiger partial charge in [-0.1, -0.05) is 5.16 Å². The molecule has 0 aliphatic carbocycles. The maximum atomic E-state index is 13.3. The van der Waals surface area contributed by atoms with Gasteiger partial charge in [-0.25, -0.2) is 24.2 Å². The molecule has 10 N–H and O–H groups in total. The molecule has 3 aliphatic heterocycles. The number of nitrogen functional groups attached to an aromatic ring is 2. The topological polar surface area (TPSA) is 326 Å². The zero-order chi connectivity index (χ0) is 37.9. The number of fused-ring (bicyclic) bond motifs is 1. The van der Waals surface area contributed by atoms with Crippen molar-refractivity contribution in [1.29, 1.82) is 0 Å². The van der Waals surface area contributed by atoms with Crippen molar-refractivity contribution in [3.8, 4) is 0 Å². The van der Waals surface area contributed by atoms with E-state index in [0.717, 1.165) is 22.3 Å². The van der Waals surface area contributed by atoms with Crippen LogP contribution in [0.2, 0.25) is 0 Å². The van der Waals surface area contributed by atoms with Crippen molar-refractivity contribution in [2.75, 3.05) is 42.2 Å². The number of carboxylic acid groups (broad SMARTS) is 2. The van der Waals surface area contributed by atoms with Gasteiger partial charge in [0.2, 0.25) is 17.7 Å². The number of carboxylic acids is 2. The standard InChI is InChI=1S/C28H29N11O11S2/c1-11(26(45)46)50-36-18(14-9-52-28(30)34-14)23(43)35-19-24(44)39-20(27(47)48)12(8-51-25(19)39)5-37-6-13(21(29)33-10-37)31-2-3-32-22(42)15-4-16(40)17(41)7-38(15)49/h4,6,9-11,19,25,29,31,49H,2-3,5,7-8H2,1H3,(H6,30,32,34,35,42,43,45,46,47,48)/p+1/b36-18-/t11-,19+,25+/m0/s1. The van der Waals surface area contributed by atoms with Crippen LogP contribution in [0.15, 0.2) is 46.1 Å². The van der Waals surface area contributed by atoms with Gasteiger partial charge in [-0.3, -0.25) is 34.1 Å². The number of amides is 3. The molecule has 0 bridgehead atoms. The van der Waals surface area contributed by atoms with Crippen LogP contribution in [0, 0.1) is 0 Å². The molecule has 1 fully saturated rings. The van der Waals surface area contributed by atoms with E-state index >= 15 is 0 Å². The molecular formula is C28H30N11O11S2+. The third-order valence-electron chi connectivity index (χ3n) is 7.53. The van der Waals surface area contributed by atoms with Gasteiger partial charge in [0.1, 0.15) is 53.5 Å². The van der Waals surface area contributed by atoms with Gasteiger partial charge < -0.3 is 42.5 Å². The monoisotopic (exact) mass is 760 g/mol. The van der Waals surface area contributed by atoms with Gasteiger partial charge >= 0.3 is 11.9 Å². The Hall–Kier alpha value is -6.14. The lowest BCUT2D eigenvalue weighted by Gasteiger charge is -2.49. The summed E-state index contributed by atoms with van der Waals surface area (Å²) in [4.78, 5) is 99.6. The number of anilines is 3. The molecule has 274 valence electrons. The summed E-state index contributed by atoms with van der Waals surface area (Å²) in [6.07, 6.45) is 2.22. The summed E-state index contributed by atoms with van der Waals surface area (Å²) < 4.78 is 1.53. The first kappa shape index (κ1) is 37.1. The smallest absolute Gasteiger partial charge is 0.352 e. The number of ketones is 2. The summed E-state index contributed by atoms with van der Waals surface area (Å²) in [6.45, 7) is 0.642. The lowest BCUT2D eigenvalue weighted by Crippen LogP contribution is -2.71. The second-order valence-corrected chi connectivity index (χ2v) is 13.1. The Morgan fingerprint density at radius 3 is 2.62 bits per heavy atom. The van der Waals surface area contributed by atoms with E-state index in [1.165, 1.54) is 41.2 Å². The fraction of sp³-hybridized carbons (Fsp3) is 0.321. The number of aromatic nitrogens is 3. The van der Waals surface area contributed by atoms with Crippen molar-refractivity contribution >= 4 is 86.7 Å². The molecule has 0 aromatic carbocycles. The second kappa shape index (κ2) is 15.4. The average molecular weight is 761 g/mol. The number of thioether (sulfide) groups is 1. The van der Waals surface area contributed by atoms with Crippen molar-refractivity contribution in [3.63, 3.8) is 0 Å². The van der Waals surface area contributed by atoms with Crippen LogP contribution in [0.1, 0.15) is 12.6 Å². The highest BCUT2D eigenvalue weighted by molar-refractivity contribution is 8.00. The number of Topliss-reactive ketones (excluding diaryl/α,β-unsaturated/α-hetero) is 1. The van der Waals surface area contributed by atoms with E-state index < -0.39 is 71.0 Å². The van der Waals surface area contributed by atoms with Gasteiger partial charge in [-0.05, 0) is 11.9 Å². The Morgan fingerprint density at radius 2 is 1.94 bits per heavy atom. The van der Waals surface area contributed by atoms with Crippen LogP contribution in [0.3, 0.4) is 0 Å². The highest BCUT2D eigenvalue weighted by Crippen LogP contribution is 2.40. The molecule has 2 aromatic rings. The number of carbonyl (C=O) groups excluding carboxylic acids is 5. The molecule has 3 aliphatic rings. The Labute approximate surface area is 300 Å². The zero-order valence-corrected chi connectivity index (χ0v) is 28.5. The van der Waals surface area contributed by atoms with Crippen LogP contribution in [0.5, 0.6) is 0 Å². The predicted molar refractivity (Wildman–Crippen MR) is 178 cm³/mol. The second-order valence-electron chi connectivity index (χ2n) is 11.1. The number of allylic oxidation sites excluding steroid dienone is 1. The normalized spacial score (nSPS) is 19.3. The summed E-state index contributed by atoms with van der Waals surface area (Å²) in [6, 6.07) is -1.16. The van der Waals surface area contributed by atoms with Crippen LogP contribution < -0.4 is 32.0 Å². The number of thiazole rings is 1. The number of nitrogens with two attached hydrogens (primary N) is 2. The molecule has 3 atom stereocenters. The molecule has 24 heteroatoms. The fourth-order valence-corrected chi connectivity index (χ4v) is 6.81. The Bertz CT molecular complexity index is 1960. The Balaban J connectivity index is 1.23. The molecule has 5 heterocycles. The van der Waals surface area contributed by atoms with E-state index in [1.54, 1.807) is 0 Å². The highest BCUT2D eigenvalue weighted by atomic mass is 32.2. The van der Waals surface area contributed by atoms with E-state index in [2.05, 4.69) is 31.1 Å². The molecule has 5 rings (SSSR count). The highest BCUT2D eigenvalue weighted by Gasteiger charge is 2.54. The molecule has 0 saturated carbocycles. The number of rotatable bonds is 14. The van der Waals surface area contributed by atoms with E-state index in [9.17, 15) is 43.9 Å². The van der Waals surface area contributed by atoms with Crippen LogP contribution in [-0.4, -0.2) is 125 Å². The number of nitrogens with one attached hydrogen (secondary N) is 3. The number of carbonyl (C=O) groups is 7. The van der Waals surface area contributed by atoms with Gasteiger partial charge in [0.25, 0.3) is 29.9 Å². The molecule has 0 spiro atoms. The molecule has 2 aromatic heterocycles. The van der Waals surface area contributed by atoms with Crippen molar-refractivity contribution < 1.29 is 58.4 Å². The third-order valence-corrected chi connectivity index (χ3v) is 9.54. The summed E-state index contributed by atoms with van der Waals surface area (Å²) in [5, 5.41) is 41.7. The minimum atomic E-state index is -1.41. The van der Waals surface area contributed by atoms with E-state index in [-0.39, 0.29) is 53.4 Å². The van der Waals surface area contributed by atoms with E-state index in [0.29, 0.717) is 16.3 Å². The number of β-lactam (4-membered cyclic amide) rings is 1. The number of hydroxylamine groups is 2. The number of aliphatic carboxylic acids is 2. The molecule has 3 amide bonds. The van der Waals surface area contributed by atoms with E-state index in [1.807, 2.05) is 0 Å². The van der Waals surface area contributed by atoms with Gasteiger partial charge in [-0.2, -0.15) is 0 Å². The Morgan fingerprint density at radius 1 is 1.19 bits per heavy atom. The summed E-state index contributed by atoms with van der Waals surface area (Å²) in [7, 11) is 0. The first-order valence-electron chi connectivity index (χ1n) is 15.0.